The van der Waals surface area contributed by atoms with Crippen LogP contribution in [0.4, 0.5) is 0 Å². The lowest BCUT2D eigenvalue weighted by atomic mass is 10.4. The molecular weight excluding hydrogens is 180 g/mol. The van der Waals surface area contributed by atoms with Gasteiger partial charge >= 0.3 is 0 Å². The van der Waals surface area contributed by atoms with Crippen molar-refractivity contribution in [3.05, 3.63) is 0 Å². The third-order valence-electron chi connectivity index (χ3n) is 1.64. The molecule has 0 aromatic rings. The predicted octanol–water partition coefficient (Wildman–Crippen LogP) is 0.670. The van der Waals surface area contributed by atoms with Crippen molar-refractivity contribution < 1.29 is 4.79 Å². The van der Waals surface area contributed by atoms with E-state index in [9.17, 15) is 4.79 Å². The van der Waals surface area contributed by atoms with Gasteiger partial charge in [0.05, 0.1) is 6.54 Å². The Hall–Kier alpha value is -0.840. The Kier molecular flexibility index (Phi) is 3.28. The fourth-order valence-corrected chi connectivity index (χ4v) is 1.19. The van der Waals surface area contributed by atoms with Crippen LogP contribution < -0.4 is 0 Å². The zero-order valence-electron chi connectivity index (χ0n) is 6.85. The number of alkyl halides is 1. The molecule has 0 fully saturated rings. The SMILES string of the molecule is CCN1N=NN(CCCl)C1C=O. The minimum absolute atomic E-state index is 0.367. The van der Waals surface area contributed by atoms with Gasteiger partial charge in [-0.25, -0.2) is 10.0 Å². The number of hydrogen-bond donors (Lipinski definition) is 0. The van der Waals surface area contributed by atoms with Crippen molar-refractivity contribution in [3.63, 3.8) is 0 Å². The number of hydrogen-bond acceptors (Lipinski definition) is 5. The average Bonchev–Trinajstić information content (AvgIpc) is 2.47. The highest BCUT2D eigenvalue weighted by Crippen LogP contribution is 2.13. The maximum Gasteiger partial charge on any atom is 0.193 e. The number of nitrogens with zero attached hydrogens (tertiary/aromatic N) is 4. The largest absolute Gasteiger partial charge is 0.299 e. The Morgan fingerprint density at radius 2 is 2.17 bits per heavy atom. The summed E-state index contributed by atoms with van der Waals surface area (Å²) in [4.78, 5) is 10.6. The van der Waals surface area contributed by atoms with Crippen LogP contribution in [0, 0.1) is 0 Å². The standard InChI is InChI=1S/C6H11ClN4O/c1-2-10-6(5-12)11(4-3-7)9-8-10/h5-6H,2-4H2,1H3. The molecule has 1 unspecified atom stereocenters. The van der Waals surface area contributed by atoms with E-state index in [-0.39, 0.29) is 6.17 Å². The second-order valence-corrected chi connectivity index (χ2v) is 2.71. The molecule has 0 aromatic carbocycles. The number of carbonyl (C=O) groups is 1. The summed E-state index contributed by atoms with van der Waals surface area (Å²) in [6.07, 6.45) is 0.449. The van der Waals surface area contributed by atoms with Gasteiger partial charge in [-0.2, -0.15) is 0 Å². The van der Waals surface area contributed by atoms with E-state index in [1.54, 1.807) is 10.0 Å². The van der Waals surface area contributed by atoms with Crippen molar-refractivity contribution in [2.75, 3.05) is 19.0 Å². The lowest BCUT2D eigenvalue weighted by Gasteiger charge is -2.21. The molecule has 0 N–H and O–H groups in total. The van der Waals surface area contributed by atoms with E-state index in [1.165, 1.54) is 0 Å². The Bertz CT molecular complexity index is 186. The number of aldehydes is 1. The van der Waals surface area contributed by atoms with Gasteiger partial charge < -0.3 is 0 Å². The van der Waals surface area contributed by atoms with Crippen LogP contribution in [0.2, 0.25) is 0 Å². The fourth-order valence-electron chi connectivity index (χ4n) is 1.02. The summed E-state index contributed by atoms with van der Waals surface area (Å²) < 4.78 is 0. The van der Waals surface area contributed by atoms with Crippen LogP contribution in [0.5, 0.6) is 0 Å². The van der Waals surface area contributed by atoms with E-state index in [2.05, 4.69) is 10.4 Å². The van der Waals surface area contributed by atoms with Gasteiger partial charge in [-0.15, -0.1) is 11.6 Å². The molecule has 0 aliphatic carbocycles. The highest BCUT2D eigenvalue weighted by molar-refractivity contribution is 6.18. The van der Waals surface area contributed by atoms with Gasteiger partial charge in [-0.1, -0.05) is 10.4 Å². The summed E-state index contributed by atoms with van der Waals surface area (Å²) in [5.41, 5.74) is 0. The first kappa shape index (κ1) is 9.25. The zero-order valence-corrected chi connectivity index (χ0v) is 7.61. The summed E-state index contributed by atoms with van der Waals surface area (Å²) in [7, 11) is 0. The Balaban J connectivity index is 2.55. The predicted molar refractivity (Wildman–Crippen MR) is 44.5 cm³/mol. The molecule has 68 valence electrons. The molecule has 1 rings (SSSR count). The molecule has 1 atom stereocenters. The minimum atomic E-state index is -0.367. The van der Waals surface area contributed by atoms with Gasteiger partial charge in [-0.05, 0) is 6.92 Å². The molecule has 0 bridgehead atoms. The lowest BCUT2D eigenvalue weighted by Crippen LogP contribution is -2.40. The molecule has 1 heterocycles. The van der Waals surface area contributed by atoms with Crippen molar-refractivity contribution >= 4 is 17.9 Å². The molecule has 6 heteroatoms. The fraction of sp³-hybridized carbons (Fsp3) is 0.833. The second-order valence-electron chi connectivity index (χ2n) is 2.34. The molecule has 0 aromatic heterocycles. The lowest BCUT2D eigenvalue weighted by molar-refractivity contribution is -0.116. The highest BCUT2D eigenvalue weighted by Gasteiger charge is 2.27. The van der Waals surface area contributed by atoms with Crippen LogP contribution in [0.3, 0.4) is 0 Å². The van der Waals surface area contributed by atoms with E-state index in [1.807, 2.05) is 6.92 Å². The normalized spacial score (nSPS) is 22.0. The first-order chi connectivity index (χ1) is 5.83. The highest BCUT2D eigenvalue weighted by atomic mass is 35.5. The maximum atomic E-state index is 10.6. The summed E-state index contributed by atoms with van der Waals surface area (Å²) in [6.45, 7) is 3.14. The van der Waals surface area contributed by atoms with Crippen LogP contribution in [-0.4, -0.2) is 41.4 Å². The molecule has 0 amide bonds. The smallest absolute Gasteiger partial charge is 0.193 e. The number of rotatable bonds is 4. The van der Waals surface area contributed by atoms with Crippen LogP contribution >= 0.6 is 11.6 Å². The molecule has 1 aliphatic rings. The van der Waals surface area contributed by atoms with E-state index in [0.29, 0.717) is 19.0 Å². The minimum Gasteiger partial charge on any atom is -0.299 e. The van der Waals surface area contributed by atoms with Crippen molar-refractivity contribution in [2.45, 2.75) is 13.1 Å². The first-order valence-corrected chi connectivity index (χ1v) is 4.33. The van der Waals surface area contributed by atoms with Gasteiger partial charge in [0.2, 0.25) is 0 Å². The Labute approximate surface area is 75.9 Å². The number of carbonyl (C=O) groups excluding carboxylic acids is 1. The van der Waals surface area contributed by atoms with Gasteiger partial charge in [0.15, 0.2) is 12.5 Å². The summed E-state index contributed by atoms with van der Waals surface area (Å²) in [6, 6.07) is 0. The third-order valence-corrected chi connectivity index (χ3v) is 1.81. The topological polar surface area (TPSA) is 48.3 Å². The number of likely N-dealkylation sites (N-methyl/N-ethyl adjacent to an activating group) is 1. The molecule has 12 heavy (non-hydrogen) atoms. The Morgan fingerprint density at radius 3 is 2.67 bits per heavy atom. The third kappa shape index (κ3) is 1.66. The van der Waals surface area contributed by atoms with Crippen LogP contribution in [-0.2, 0) is 4.79 Å². The molecule has 5 nitrogen and oxygen atoms in total. The molecular formula is C6H11ClN4O. The monoisotopic (exact) mass is 190 g/mol. The summed E-state index contributed by atoms with van der Waals surface area (Å²) in [5, 5.41) is 10.8. The second kappa shape index (κ2) is 4.25. The quantitative estimate of drug-likeness (QED) is 0.484. The molecule has 0 radical (unpaired) electrons. The van der Waals surface area contributed by atoms with Crippen LogP contribution in [0.1, 0.15) is 6.92 Å². The van der Waals surface area contributed by atoms with Gasteiger partial charge in [0, 0.05) is 12.4 Å². The molecule has 0 saturated carbocycles. The first-order valence-electron chi connectivity index (χ1n) is 3.79. The van der Waals surface area contributed by atoms with Crippen molar-refractivity contribution in [3.8, 4) is 0 Å². The summed E-state index contributed by atoms with van der Waals surface area (Å²) in [5.74, 6) is 0.445. The molecule has 0 saturated heterocycles. The van der Waals surface area contributed by atoms with Gasteiger partial charge in [0.25, 0.3) is 0 Å². The molecule has 1 aliphatic heterocycles. The summed E-state index contributed by atoms with van der Waals surface area (Å²) >= 11 is 5.52. The van der Waals surface area contributed by atoms with Crippen molar-refractivity contribution in [2.24, 2.45) is 10.4 Å². The van der Waals surface area contributed by atoms with Gasteiger partial charge in [0.1, 0.15) is 0 Å². The van der Waals surface area contributed by atoms with E-state index >= 15 is 0 Å². The van der Waals surface area contributed by atoms with Crippen molar-refractivity contribution in [1.82, 2.24) is 10.0 Å². The van der Waals surface area contributed by atoms with Crippen LogP contribution in [0.15, 0.2) is 10.4 Å². The molecule has 0 spiro atoms. The zero-order chi connectivity index (χ0) is 8.97. The van der Waals surface area contributed by atoms with E-state index in [0.717, 1.165) is 6.29 Å². The Morgan fingerprint density at radius 1 is 1.50 bits per heavy atom. The van der Waals surface area contributed by atoms with E-state index in [4.69, 9.17) is 11.6 Å². The van der Waals surface area contributed by atoms with Crippen LogP contribution in [0.25, 0.3) is 0 Å². The van der Waals surface area contributed by atoms with E-state index < -0.39 is 0 Å². The van der Waals surface area contributed by atoms with Crippen molar-refractivity contribution in [1.29, 1.82) is 0 Å². The maximum absolute atomic E-state index is 10.6. The number of halogens is 1. The van der Waals surface area contributed by atoms with Gasteiger partial charge in [-0.3, -0.25) is 4.79 Å². The average molecular weight is 191 g/mol.